The number of carbonyl (C=O) groups is 3. The number of hydrogen-bond acceptors (Lipinski definition) is 9. The molecule has 299 valence electrons. The predicted octanol–water partition coefficient (Wildman–Crippen LogP) is 6.94. The number of pyridine rings is 1. The van der Waals surface area contributed by atoms with Gasteiger partial charge in [-0.25, -0.2) is 0 Å². The molecule has 2 aliphatic rings. The number of nitrogens with zero attached hydrogens (tertiary/aromatic N) is 4. The van der Waals surface area contributed by atoms with Crippen molar-refractivity contribution in [2.45, 2.75) is 99.6 Å². The summed E-state index contributed by atoms with van der Waals surface area (Å²) in [5, 5.41) is 7.54. The molecule has 0 spiro atoms. The van der Waals surface area contributed by atoms with Gasteiger partial charge in [0.25, 0.3) is 0 Å². The molecule has 2 N–H and O–H groups in total. The molecule has 5 heterocycles. The number of hydrazine groups is 1. The van der Waals surface area contributed by atoms with Crippen molar-refractivity contribution < 1.29 is 37.0 Å². The Hall–Kier alpha value is -3.47. The molecule has 6 rings (SSSR count). The van der Waals surface area contributed by atoms with Gasteiger partial charge in [-0.3, -0.25) is 4.98 Å². The zero-order chi connectivity index (χ0) is 40.5. The Labute approximate surface area is 340 Å². The van der Waals surface area contributed by atoms with Gasteiger partial charge in [-0.05, 0) is 25.5 Å². The average Bonchev–Trinajstić information content (AvgIpc) is 3.73. The van der Waals surface area contributed by atoms with Gasteiger partial charge in [0, 0.05) is 18.9 Å². The Bertz CT molecular complexity index is 2080. The SMILES string of the molecule is CO[C@@H](C)c1ncccc1-c1c2c3cc(ccc3n1CC(F)(F)F)-c1nc(cs1)C[C@H](NC(=O)[C@@H]([In][CH3])C(C)C)C(=O)N1CCC[C@H](N1)C(=O)OCC(C)(C)C2. The normalized spacial score (nSPS) is 20.4. The molecule has 4 atom stereocenters. The van der Waals surface area contributed by atoms with Crippen molar-refractivity contribution >= 4 is 62.9 Å². The van der Waals surface area contributed by atoms with Crippen LogP contribution in [0.1, 0.15) is 70.5 Å². The van der Waals surface area contributed by atoms with E-state index in [4.69, 9.17) is 14.5 Å². The Kier molecular flexibility index (Phi) is 12.9. The van der Waals surface area contributed by atoms with Crippen LogP contribution in [0.15, 0.2) is 41.9 Å². The maximum atomic E-state index is 14.5. The molecule has 1 fully saturated rings. The molecule has 0 unspecified atom stereocenters. The third-order valence-electron chi connectivity index (χ3n) is 10.5. The molecule has 0 aliphatic carbocycles. The molecule has 3 aromatic heterocycles. The Balaban J connectivity index is 1.53. The number of hydrogen-bond donors (Lipinski definition) is 2. The number of thiazole rings is 1. The van der Waals surface area contributed by atoms with E-state index in [-0.39, 0.29) is 40.9 Å². The third kappa shape index (κ3) is 9.29. The number of halogens is 3. The van der Waals surface area contributed by atoms with Crippen molar-refractivity contribution in [2.24, 2.45) is 11.3 Å². The van der Waals surface area contributed by atoms with Gasteiger partial charge >= 0.3 is 232 Å². The minimum Gasteiger partial charge on any atom is -0.0563 e. The molecule has 1 saturated heterocycles. The van der Waals surface area contributed by atoms with E-state index in [1.807, 2.05) is 39.1 Å². The number of rotatable bonds is 8. The monoisotopic (exact) mass is 897 g/mol. The number of fused-ring (bicyclic) bond motifs is 6. The zero-order valence-electron chi connectivity index (χ0n) is 32.8. The number of amides is 2. The van der Waals surface area contributed by atoms with Crippen molar-refractivity contribution in [3.05, 3.63) is 58.9 Å². The Morgan fingerprint density at radius 1 is 1.21 bits per heavy atom. The van der Waals surface area contributed by atoms with Crippen LogP contribution in [0.4, 0.5) is 13.2 Å². The Morgan fingerprint density at radius 2 is 1.98 bits per heavy atom. The van der Waals surface area contributed by atoms with E-state index in [0.29, 0.717) is 69.1 Å². The van der Waals surface area contributed by atoms with Crippen LogP contribution < -0.4 is 10.7 Å². The van der Waals surface area contributed by atoms with E-state index in [9.17, 15) is 27.6 Å². The second-order valence-electron chi connectivity index (χ2n) is 15.8. The van der Waals surface area contributed by atoms with Gasteiger partial charge in [-0.15, -0.1) is 0 Å². The van der Waals surface area contributed by atoms with Gasteiger partial charge in [0.05, 0.1) is 17.5 Å². The Morgan fingerprint density at radius 3 is 2.68 bits per heavy atom. The molecule has 2 amide bonds. The first-order valence-electron chi connectivity index (χ1n) is 19.0. The summed E-state index contributed by atoms with van der Waals surface area (Å²) >= 11 is 0.122. The summed E-state index contributed by atoms with van der Waals surface area (Å²) in [6.45, 7) is 8.73. The number of esters is 1. The standard InChI is InChI=1S/C39H46F3N6O5S.CH3.In/c1-22(2)15-32(49)45-30-17-25-19-54-35(44-25)24-11-12-31-27(16-24)28(18-38(4,5)21-53-37(51)29-10-8-14-48(46-29)36(30)50)34(47(31)20-39(40,41)42)26-9-7-13-43-33(26)23(3)52-6;;/h7,9,11-13,15-16,19,22-23,29-30,46H,8,10,14,17-18,20-21H2,1-6H3,(H,45,49);1H3;/t23-,29-,30-;;/m0../s1. The van der Waals surface area contributed by atoms with Crippen molar-refractivity contribution in [1.29, 1.82) is 0 Å². The van der Waals surface area contributed by atoms with Crippen molar-refractivity contribution in [2.75, 3.05) is 20.3 Å². The van der Waals surface area contributed by atoms with E-state index in [0.717, 1.165) is 0 Å². The van der Waals surface area contributed by atoms with E-state index < -0.39 is 65.2 Å². The molecule has 16 heteroatoms. The van der Waals surface area contributed by atoms with Crippen LogP contribution >= 0.6 is 11.3 Å². The van der Waals surface area contributed by atoms with Crippen LogP contribution in [0.3, 0.4) is 0 Å². The van der Waals surface area contributed by atoms with E-state index >= 15 is 0 Å². The van der Waals surface area contributed by atoms with Gasteiger partial charge in [0.2, 0.25) is 0 Å². The van der Waals surface area contributed by atoms with Crippen LogP contribution in [0, 0.1) is 11.3 Å². The van der Waals surface area contributed by atoms with Crippen molar-refractivity contribution in [3.8, 4) is 21.8 Å². The molecule has 6 bridgehead atoms. The summed E-state index contributed by atoms with van der Waals surface area (Å²) in [6, 6.07) is 7.06. The van der Waals surface area contributed by atoms with Crippen LogP contribution in [-0.4, -0.2) is 98.8 Å². The second kappa shape index (κ2) is 17.2. The number of cyclic esters (lactones) is 1. The van der Waals surface area contributed by atoms with Crippen molar-refractivity contribution in [1.82, 2.24) is 30.3 Å². The van der Waals surface area contributed by atoms with Crippen LogP contribution in [-0.2, 0) is 43.2 Å². The molecule has 11 nitrogen and oxygen atoms in total. The smallest absolute Gasteiger partial charge is 0.0563 e. The number of ether oxygens (including phenoxy) is 2. The number of carbonyl (C=O) groups excluding carboxylic acids is 3. The average molecular weight is 898 g/mol. The number of benzene rings is 1. The molecule has 4 aromatic rings. The maximum absolute atomic E-state index is 14.5. The summed E-state index contributed by atoms with van der Waals surface area (Å²) in [4.78, 5) is 50.9. The predicted molar refractivity (Wildman–Crippen MR) is 210 cm³/mol. The number of nitrogens with one attached hydrogen (secondary N) is 2. The molecular formula is C40H49F3InN6O5S. The minimum absolute atomic E-state index is 0.0368. The van der Waals surface area contributed by atoms with Crippen LogP contribution in [0.25, 0.3) is 32.7 Å². The van der Waals surface area contributed by atoms with Gasteiger partial charge in [-0.1, -0.05) is 13.8 Å². The van der Waals surface area contributed by atoms with E-state index in [2.05, 4.69) is 20.4 Å². The first-order chi connectivity index (χ1) is 26.5. The van der Waals surface area contributed by atoms with E-state index in [1.54, 1.807) is 37.4 Å². The number of methoxy groups -OCH3 is 1. The minimum atomic E-state index is -4.55. The fourth-order valence-corrected chi connectivity index (χ4v) is 11.9. The second-order valence-corrected chi connectivity index (χ2v) is 20.7. The summed E-state index contributed by atoms with van der Waals surface area (Å²) in [5.41, 5.74) is 6.03. The summed E-state index contributed by atoms with van der Waals surface area (Å²) < 4.78 is 58.4. The molecular weight excluding hydrogens is 848 g/mol. The van der Waals surface area contributed by atoms with Crippen molar-refractivity contribution in [3.63, 3.8) is 0 Å². The van der Waals surface area contributed by atoms with Gasteiger partial charge < -0.3 is 9.30 Å². The summed E-state index contributed by atoms with van der Waals surface area (Å²) in [5.74, 6) is -0.910. The molecule has 2 aliphatic heterocycles. The molecule has 1 aromatic carbocycles. The van der Waals surface area contributed by atoms with Crippen LogP contribution in [0.2, 0.25) is 8.35 Å². The fourth-order valence-electron chi connectivity index (χ4n) is 7.69. The first-order valence-corrected chi connectivity index (χ1v) is 25.1. The number of alkyl halides is 3. The molecule has 0 saturated carbocycles. The fraction of sp³-hybridized carbons (Fsp3) is 0.525. The summed E-state index contributed by atoms with van der Waals surface area (Å²) in [7, 11) is 1.53. The molecule has 56 heavy (non-hydrogen) atoms. The third-order valence-corrected chi connectivity index (χ3v) is 16.6. The molecule has 1 radical (unpaired) electrons. The van der Waals surface area contributed by atoms with Gasteiger partial charge in [0.15, 0.2) is 0 Å². The van der Waals surface area contributed by atoms with Gasteiger partial charge in [-0.2, -0.15) is 13.2 Å². The zero-order valence-corrected chi connectivity index (χ0v) is 36.9. The first kappa shape index (κ1) is 42.1. The van der Waals surface area contributed by atoms with Gasteiger partial charge in [0.1, 0.15) is 6.54 Å². The quantitative estimate of drug-likeness (QED) is 0.182. The van der Waals surface area contributed by atoms with E-state index in [1.165, 1.54) is 28.0 Å². The van der Waals surface area contributed by atoms with Crippen LogP contribution in [0.5, 0.6) is 0 Å². The summed E-state index contributed by atoms with van der Waals surface area (Å²) in [6.07, 6.45) is -2.12. The number of aromatic nitrogens is 3. The topological polar surface area (TPSA) is 128 Å².